The molecule has 1 atom stereocenters. The second kappa shape index (κ2) is 6.41. The van der Waals surface area contributed by atoms with Gasteiger partial charge in [0.05, 0.1) is 12.7 Å². The predicted octanol–water partition coefficient (Wildman–Crippen LogP) is 0.0176. The van der Waals surface area contributed by atoms with Gasteiger partial charge in [0.2, 0.25) is 0 Å². The van der Waals surface area contributed by atoms with Crippen LogP contribution in [0.2, 0.25) is 0 Å². The zero-order chi connectivity index (χ0) is 15.3. The zero-order valence-corrected chi connectivity index (χ0v) is 11.0. The summed E-state index contributed by atoms with van der Waals surface area (Å²) in [7, 11) is 1.42. The van der Waals surface area contributed by atoms with E-state index in [2.05, 4.69) is 0 Å². The first-order valence-corrected chi connectivity index (χ1v) is 5.59. The maximum atomic E-state index is 11.8. The van der Waals surface area contributed by atoms with Crippen molar-refractivity contribution in [3.05, 3.63) is 23.8 Å². The van der Waals surface area contributed by atoms with Crippen LogP contribution in [0.4, 0.5) is 10.5 Å². The standard InChI is InChI=1S/C12H15N3O5/c1-6(10(16)15-12(14)18)20-11(17)7-3-8(13)5-9(4-7)19-2/h3-6H,13H2,1-2H3,(H3,14,15,16,18). The number of hydrogen-bond acceptors (Lipinski definition) is 6. The topological polar surface area (TPSA) is 134 Å². The smallest absolute Gasteiger partial charge is 0.339 e. The highest BCUT2D eigenvalue weighted by Gasteiger charge is 2.20. The Bertz CT molecular complexity index is 544. The van der Waals surface area contributed by atoms with E-state index in [9.17, 15) is 14.4 Å². The van der Waals surface area contributed by atoms with Crippen LogP contribution in [0.25, 0.3) is 0 Å². The van der Waals surface area contributed by atoms with Crippen molar-refractivity contribution >= 4 is 23.6 Å². The quantitative estimate of drug-likeness (QED) is 0.526. The first-order chi connectivity index (χ1) is 9.33. The van der Waals surface area contributed by atoms with E-state index < -0.39 is 24.0 Å². The number of carbonyl (C=O) groups excluding carboxylic acids is 3. The number of hydrogen-bond donors (Lipinski definition) is 3. The molecular formula is C12H15N3O5. The molecule has 0 spiro atoms. The third-order valence-electron chi connectivity index (χ3n) is 2.30. The van der Waals surface area contributed by atoms with E-state index in [0.717, 1.165) is 0 Å². The van der Waals surface area contributed by atoms with Crippen LogP contribution in [0.15, 0.2) is 18.2 Å². The molecule has 8 nitrogen and oxygen atoms in total. The molecule has 0 heterocycles. The summed E-state index contributed by atoms with van der Waals surface area (Å²) in [5.74, 6) is -1.21. The molecule has 5 N–H and O–H groups in total. The minimum atomic E-state index is -1.18. The van der Waals surface area contributed by atoms with E-state index in [1.54, 1.807) is 5.32 Å². The molecule has 0 radical (unpaired) electrons. The molecule has 20 heavy (non-hydrogen) atoms. The van der Waals surface area contributed by atoms with Gasteiger partial charge in [0, 0.05) is 11.8 Å². The molecule has 0 saturated carbocycles. The fourth-order valence-corrected chi connectivity index (χ4v) is 1.36. The van der Waals surface area contributed by atoms with E-state index in [4.69, 9.17) is 20.9 Å². The third-order valence-corrected chi connectivity index (χ3v) is 2.30. The van der Waals surface area contributed by atoms with Gasteiger partial charge in [0.1, 0.15) is 5.75 Å². The highest BCUT2D eigenvalue weighted by atomic mass is 16.5. The number of amides is 3. The number of urea groups is 1. The summed E-state index contributed by atoms with van der Waals surface area (Å²) < 4.78 is 9.85. The Morgan fingerprint density at radius 3 is 2.45 bits per heavy atom. The lowest BCUT2D eigenvalue weighted by molar-refractivity contribution is -0.127. The van der Waals surface area contributed by atoms with E-state index in [1.165, 1.54) is 32.2 Å². The lowest BCUT2D eigenvalue weighted by Gasteiger charge is -2.12. The van der Waals surface area contributed by atoms with Crippen molar-refractivity contribution in [3.63, 3.8) is 0 Å². The number of methoxy groups -OCH3 is 1. The number of primary amides is 1. The van der Waals surface area contributed by atoms with Crippen LogP contribution in [-0.4, -0.2) is 31.1 Å². The normalized spacial score (nSPS) is 11.3. The lowest BCUT2D eigenvalue weighted by atomic mass is 10.2. The molecule has 0 saturated heterocycles. The molecule has 3 amide bonds. The van der Waals surface area contributed by atoms with Crippen LogP contribution >= 0.6 is 0 Å². The van der Waals surface area contributed by atoms with Crippen LogP contribution < -0.4 is 21.5 Å². The molecule has 1 aromatic carbocycles. The van der Waals surface area contributed by atoms with Crippen LogP contribution in [0.1, 0.15) is 17.3 Å². The number of rotatable bonds is 4. The van der Waals surface area contributed by atoms with E-state index in [1.807, 2.05) is 0 Å². The van der Waals surface area contributed by atoms with Gasteiger partial charge in [0.25, 0.3) is 5.91 Å². The van der Waals surface area contributed by atoms with Crippen molar-refractivity contribution in [2.24, 2.45) is 5.73 Å². The third kappa shape index (κ3) is 4.16. The molecule has 0 aromatic heterocycles. The number of ether oxygens (including phenoxy) is 2. The van der Waals surface area contributed by atoms with Gasteiger partial charge in [-0.05, 0) is 19.1 Å². The average Bonchev–Trinajstić information content (AvgIpc) is 2.36. The number of nitrogen functional groups attached to an aromatic ring is 1. The van der Waals surface area contributed by atoms with Gasteiger partial charge in [-0.15, -0.1) is 0 Å². The van der Waals surface area contributed by atoms with Crippen molar-refractivity contribution < 1.29 is 23.9 Å². The summed E-state index contributed by atoms with van der Waals surface area (Å²) in [5.41, 5.74) is 10.8. The zero-order valence-electron chi connectivity index (χ0n) is 11.0. The van der Waals surface area contributed by atoms with Gasteiger partial charge < -0.3 is 20.9 Å². The van der Waals surface area contributed by atoms with Crippen LogP contribution in [0.5, 0.6) is 5.75 Å². The van der Waals surface area contributed by atoms with Crippen LogP contribution in [-0.2, 0) is 9.53 Å². The highest BCUT2D eigenvalue weighted by molar-refractivity contribution is 5.98. The Hall–Kier alpha value is -2.77. The Kier molecular flexibility index (Phi) is 4.90. The maximum Gasteiger partial charge on any atom is 0.339 e. The van der Waals surface area contributed by atoms with Gasteiger partial charge >= 0.3 is 12.0 Å². The second-order valence-corrected chi connectivity index (χ2v) is 3.90. The second-order valence-electron chi connectivity index (χ2n) is 3.90. The molecule has 1 unspecified atom stereocenters. The minimum Gasteiger partial charge on any atom is -0.497 e. The molecule has 1 rings (SSSR count). The van der Waals surface area contributed by atoms with Crippen molar-refractivity contribution in [2.45, 2.75) is 13.0 Å². The monoisotopic (exact) mass is 281 g/mol. The van der Waals surface area contributed by atoms with Crippen molar-refractivity contribution in [1.29, 1.82) is 0 Å². The number of benzene rings is 1. The first-order valence-electron chi connectivity index (χ1n) is 5.59. The SMILES string of the molecule is COc1cc(N)cc(C(=O)OC(C)C(=O)NC(N)=O)c1. The molecule has 0 aliphatic carbocycles. The average molecular weight is 281 g/mol. The number of anilines is 1. The van der Waals surface area contributed by atoms with Gasteiger partial charge in [0.15, 0.2) is 6.10 Å². The molecular weight excluding hydrogens is 266 g/mol. The van der Waals surface area contributed by atoms with Crippen LogP contribution in [0, 0.1) is 0 Å². The number of carbonyl (C=O) groups is 3. The lowest BCUT2D eigenvalue weighted by Crippen LogP contribution is -2.42. The fourth-order valence-electron chi connectivity index (χ4n) is 1.36. The Morgan fingerprint density at radius 1 is 1.25 bits per heavy atom. The highest BCUT2D eigenvalue weighted by Crippen LogP contribution is 2.19. The molecule has 108 valence electrons. The minimum absolute atomic E-state index is 0.126. The molecule has 8 heteroatoms. The molecule has 0 bridgehead atoms. The number of nitrogens with one attached hydrogen (secondary N) is 1. The number of nitrogens with two attached hydrogens (primary N) is 2. The molecule has 1 aromatic rings. The first kappa shape index (κ1) is 15.3. The Morgan fingerprint density at radius 2 is 1.90 bits per heavy atom. The summed E-state index contributed by atoms with van der Waals surface area (Å²) in [6, 6.07) is 3.30. The summed E-state index contributed by atoms with van der Waals surface area (Å²) in [6.45, 7) is 1.31. The summed E-state index contributed by atoms with van der Waals surface area (Å²) >= 11 is 0. The van der Waals surface area contributed by atoms with Gasteiger partial charge in [-0.25, -0.2) is 9.59 Å². The Balaban J connectivity index is 2.78. The number of imide groups is 1. The predicted molar refractivity (Wildman–Crippen MR) is 70.0 cm³/mol. The van der Waals surface area contributed by atoms with Gasteiger partial charge in [-0.1, -0.05) is 0 Å². The summed E-state index contributed by atoms with van der Waals surface area (Å²) in [5, 5.41) is 1.81. The molecule has 0 aliphatic rings. The Labute approximate surface area is 115 Å². The van der Waals surface area contributed by atoms with Crippen molar-refractivity contribution in [3.8, 4) is 5.75 Å². The van der Waals surface area contributed by atoms with Crippen molar-refractivity contribution in [1.82, 2.24) is 5.32 Å². The summed E-state index contributed by atoms with van der Waals surface area (Å²) in [6.07, 6.45) is -1.18. The molecule has 0 aliphatic heterocycles. The number of esters is 1. The summed E-state index contributed by atoms with van der Waals surface area (Å²) in [4.78, 5) is 33.7. The van der Waals surface area contributed by atoms with E-state index in [0.29, 0.717) is 11.4 Å². The molecule has 0 fully saturated rings. The van der Waals surface area contributed by atoms with Crippen molar-refractivity contribution in [2.75, 3.05) is 12.8 Å². The van der Waals surface area contributed by atoms with E-state index >= 15 is 0 Å². The van der Waals surface area contributed by atoms with Crippen LogP contribution in [0.3, 0.4) is 0 Å². The maximum absolute atomic E-state index is 11.8. The van der Waals surface area contributed by atoms with Gasteiger partial charge in [-0.3, -0.25) is 10.1 Å². The van der Waals surface area contributed by atoms with E-state index in [-0.39, 0.29) is 5.56 Å². The fraction of sp³-hybridized carbons (Fsp3) is 0.250. The van der Waals surface area contributed by atoms with Gasteiger partial charge in [-0.2, -0.15) is 0 Å². The largest absolute Gasteiger partial charge is 0.497 e.